The predicted octanol–water partition coefficient (Wildman–Crippen LogP) is 2.06. The lowest BCUT2D eigenvalue weighted by Crippen LogP contribution is -2.44. The molecule has 100 valence electrons. The fourth-order valence-corrected chi connectivity index (χ4v) is 2.93. The Bertz CT molecular complexity index is 375. The summed E-state index contributed by atoms with van der Waals surface area (Å²) in [4.78, 5) is 25.4. The molecular weight excluding hydrogens is 230 g/mol. The van der Waals surface area contributed by atoms with Crippen LogP contribution in [0.2, 0.25) is 0 Å². The summed E-state index contributed by atoms with van der Waals surface area (Å²) in [6.07, 6.45) is 6.27. The number of nitrogens with zero attached hydrogens (tertiary/aromatic N) is 1. The van der Waals surface area contributed by atoms with Crippen molar-refractivity contribution < 1.29 is 14.7 Å². The summed E-state index contributed by atoms with van der Waals surface area (Å²) in [5, 5.41) is 9.22. The lowest BCUT2D eigenvalue weighted by molar-refractivity contribution is -0.152. The van der Waals surface area contributed by atoms with Gasteiger partial charge in [0.15, 0.2) is 0 Å². The van der Waals surface area contributed by atoms with E-state index in [4.69, 9.17) is 0 Å². The Hall–Kier alpha value is -1.32. The zero-order valence-corrected chi connectivity index (χ0v) is 10.9. The van der Waals surface area contributed by atoms with Gasteiger partial charge in [-0.3, -0.25) is 9.59 Å². The van der Waals surface area contributed by atoms with Crippen molar-refractivity contribution in [2.24, 2.45) is 11.8 Å². The lowest BCUT2D eigenvalue weighted by Gasteiger charge is -2.34. The van der Waals surface area contributed by atoms with E-state index in [0.717, 1.165) is 32.2 Å². The molecule has 2 unspecified atom stereocenters. The quantitative estimate of drug-likeness (QED) is 0.764. The molecule has 1 fully saturated rings. The van der Waals surface area contributed by atoms with Crippen LogP contribution in [0.25, 0.3) is 0 Å². The summed E-state index contributed by atoms with van der Waals surface area (Å²) in [5.74, 6) is -1.54. The van der Waals surface area contributed by atoms with E-state index >= 15 is 0 Å². The Labute approximate surface area is 108 Å². The maximum atomic E-state index is 12.4. The average molecular weight is 251 g/mol. The highest BCUT2D eigenvalue weighted by atomic mass is 16.4. The molecule has 2 aliphatic rings. The van der Waals surface area contributed by atoms with E-state index in [2.05, 4.69) is 13.0 Å². The van der Waals surface area contributed by atoms with Crippen LogP contribution in [0.4, 0.5) is 0 Å². The smallest absolute Gasteiger partial charge is 0.307 e. The third-order valence-corrected chi connectivity index (χ3v) is 4.15. The molecule has 0 aromatic carbocycles. The number of rotatable bonds is 2. The second-order valence-electron chi connectivity index (χ2n) is 5.42. The third kappa shape index (κ3) is 2.74. The van der Waals surface area contributed by atoms with Crippen molar-refractivity contribution in [1.82, 2.24) is 4.90 Å². The van der Waals surface area contributed by atoms with Gasteiger partial charge in [0.25, 0.3) is 0 Å². The number of amides is 1. The van der Waals surface area contributed by atoms with Gasteiger partial charge in [0.2, 0.25) is 5.91 Å². The minimum atomic E-state index is -0.809. The van der Waals surface area contributed by atoms with Crippen LogP contribution in [0.15, 0.2) is 11.6 Å². The molecule has 0 bridgehead atoms. The van der Waals surface area contributed by atoms with Crippen molar-refractivity contribution in [2.45, 2.75) is 39.0 Å². The first-order chi connectivity index (χ1) is 8.59. The minimum absolute atomic E-state index is 0.0471. The van der Waals surface area contributed by atoms with Gasteiger partial charge in [-0.2, -0.15) is 0 Å². The number of carboxylic acid groups (broad SMARTS) is 1. The van der Waals surface area contributed by atoms with Gasteiger partial charge in [-0.05, 0) is 26.2 Å². The first kappa shape index (κ1) is 13.1. The van der Waals surface area contributed by atoms with Crippen LogP contribution in [0.5, 0.6) is 0 Å². The third-order valence-electron chi connectivity index (χ3n) is 4.15. The number of hydrogen-bond acceptors (Lipinski definition) is 2. The summed E-state index contributed by atoms with van der Waals surface area (Å²) in [5.41, 5.74) is 1.32. The highest BCUT2D eigenvalue weighted by Gasteiger charge is 2.37. The van der Waals surface area contributed by atoms with E-state index < -0.39 is 11.9 Å². The SMILES string of the molecule is CC1=CCN(C(=O)C2CCCCC2C(=O)O)CC1. The van der Waals surface area contributed by atoms with Crippen molar-refractivity contribution in [3.63, 3.8) is 0 Å². The molecule has 0 aromatic rings. The molecule has 0 spiro atoms. The fraction of sp³-hybridized carbons (Fsp3) is 0.714. The van der Waals surface area contributed by atoms with Gasteiger partial charge in [0.05, 0.1) is 11.8 Å². The van der Waals surface area contributed by atoms with Crippen LogP contribution >= 0.6 is 0 Å². The molecule has 2 atom stereocenters. The first-order valence-electron chi connectivity index (χ1n) is 6.77. The molecule has 1 heterocycles. The zero-order chi connectivity index (χ0) is 13.1. The largest absolute Gasteiger partial charge is 0.481 e. The van der Waals surface area contributed by atoms with Gasteiger partial charge in [0.1, 0.15) is 0 Å². The summed E-state index contributed by atoms with van der Waals surface area (Å²) >= 11 is 0. The van der Waals surface area contributed by atoms with E-state index in [-0.39, 0.29) is 11.8 Å². The van der Waals surface area contributed by atoms with E-state index in [1.165, 1.54) is 5.57 Å². The standard InChI is InChI=1S/C14H21NO3/c1-10-6-8-15(9-7-10)13(16)11-4-2-3-5-12(11)14(17)18/h6,11-12H,2-5,7-9H2,1H3,(H,17,18). The van der Waals surface area contributed by atoms with Gasteiger partial charge in [-0.1, -0.05) is 24.5 Å². The summed E-state index contributed by atoms with van der Waals surface area (Å²) in [6, 6.07) is 0. The topological polar surface area (TPSA) is 57.6 Å². The molecule has 2 rings (SSSR count). The second kappa shape index (κ2) is 5.55. The number of hydrogen-bond donors (Lipinski definition) is 1. The lowest BCUT2D eigenvalue weighted by atomic mass is 9.78. The Morgan fingerprint density at radius 2 is 1.94 bits per heavy atom. The van der Waals surface area contributed by atoms with Crippen molar-refractivity contribution in [3.05, 3.63) is 11.6 Å². The van der Waals surface area contributed by atoms with Crippen LogP contribution < -0.4 is 0 Å². The predicted molar refractivity (Wildman–Crippen MR) is 68.0 cm³/mol. The highest BCUT2D eigenvalue weighted by molar-refractivity contribution is 5.85. The monoisotopic (exact) mass is 251 g/mol. The van der Waals surface area contributed by atoms with Gasteiger partial charge in [0, 0.05) is 13.1 Å². The number of carbonyl (C=O) groups excluding carboxylic acids is 1. The normalized spacial score (nSPS) is 28.7. The van der Waals surface area contributed by atoms with Crippen LogP contribution in [0.3, 0.4) is 0 Å². The number of carboxylic acids is 1. The number of aliphatic carboxylic acids is 1. The van der Waals surface area contributed by atoms with Crippen LogP contribution in [-0.2, 0) is 9.59 Å². The Morgan fingerprint density at radius 1 is 1.28 bits per heavy atom. The van der Waals surface area contributed by atoms with Crippen LogP contribution in [0, 0.1) is 11.8 Å². The maximum absolute atomic E-state index is 12.4. The van der Waals surface area contributed by atoms with E-state index in [0.29, 0.717) is 13.0 Å². The molecule has 1 amide bonds. The van der Waals surface area contributed by atoms with E-state index in [1.54, 1.807) is 0 Å². The first-order valence-corrected chi connectivity index (χ1v) is 6.77. The molecule has 0 radical (unpaired) electrons. The molecule has 1 aliphatic heterocycles. The summed E-state index contributed by atoms with van der Waals surface area (Å²) < 4.78 is 0. The van der Waals surface area contributed by atoms with E-state index in [9.17, 15) is 14.7 Å². The maximum Gasteiger partial charge on any atom is 0.307 e. The molecule has 1 aliphatic carbocycles. The van der Waals surface area contributed by atoms with Gasteiger partial charge >= 0.3 is 5.97 Å². The minimum Gasteiger partial charge on any atom is -0.481 e. The molecular formula is C14H21NO3. The van der Waals surface area contributed by atoms with Gasteiger partial charge in [-0.15, -0.1) is 0 Å². The molecule has 1 N–H and O–H groups in total. The van der Waals surface area contributed by atoms with Gasteiger partial charge < -0.3 is 10.0 Å². The molecule has 1 saturated carbocycles. The molecule has 0 saturated heterocycles. The van der Waals surface area contributed by atoms with Crippen molar-refractivity contribution in [1.29, 1.82) is 0 Å². The van der Waals surface area contributed by atoms with E-state index in [1.807, 2.05) is 4.90 Å². The Kier molecular flexibility index (Phi) is 4.04. The Balaban J connectivity index is 2.04. The molecule has 0 aromatic heterocycles. The van der Waals surface area contributed by atoms with Gasteiger partial charge in [-0.25, -0.2) is 0 Å². The van der Waals surface area contributed by atoms with Crippen LogP contribution in [0.1, 0.15) is 39.0 Å². The fourth-order valence-electron chi connectivity index (χ4n) is 2.93. The van der Waals surface area contributed by atoms with Crippen molar-refractivity contribution in [2.75, 3.05) is 13.1 Å². The van der Waals surface area contributed by atoms with Crippen molar-refractivity contribution >= 4 is 11.9 Å². The van der Waals surface area contributed by atoms with Crippen molar-refractivity contribution in [3.8, 4) is 0 Å². The zero-order valence-electron chi connectivity index (χ0n) is 10.9. The van der Waals surface area contributed by atoms with Crippen LogP contribution in [-0.4, -0.2) is 35.0 Å². The highest BCUT2D eigenvalue weighted by Crippen LogP contribution is 2.32. The number of carbonyl (C=O) groups is 2. The summed E-state index contributed by atoms with van der Waals surface area (Å²) in [6.45, 7) is 3.46. The molecule has 18 heavy (non-hydrogen) atoms. The summed E-state index contributed by atoms with van der Waals surface area (Å²) in [7, 11) is 0. The average Bonchev–Trinajstić information content (AvgIpc) is 2.39. The second-order valence-corrected chi connectivity index (χ2v) is 5.42. The molecule has 4 nitrogen and oxygen atoms in total. The Morgan fingerprint density at radius 3 is 2.50 bits per heavy atom. The molecule has 4 heteroatoms.